The summed E-state index contributed by atoms with van der Waals surface area (Å²) in [6, 6.07) is 10.1. The fourth-order valence-corrected chi connectivity index (χ4v) is 3.29. The van der Waals surface area contributed by atoms with Crippen molar-refractivity contribution in [2.75, 3.05) is 0 Å². The van der Waals surface area contributed by atoms with Gasteiger partial charge in [0.2, 0.25) is 0 Å². The molecular weight excluding hydrogens is 398 g/mol. The zero-order valence-electron chi connectivity index (χ0n) is 9.45. The van der Waals surface area contributed by atoms with E-state index in [1.165, 1.54) is 12.1 Å². The van der Waals surface area contributed by atoms with Crippen LogP contribution in [-0.4, -0.2) is 9.55 Å². The van der Waals surface area contributed by atoms with Crippen LogP contribution in [0.15, 0.2) is 36.4 Å². The summed E-state index contributed by atoms with van der Waals surface area (Å²) < 4.78 is 16.3. The Morgan fingerprint density at radius 1 is 1.26 bits per heavy atom. The van der Waals surface area contributed by atoms with Gasteiger partial charge in [-0.15, -0.1) is 0 Å². The van der Waals surface area contributed by atoms with Crippen molar-refractivity contribution < 1.29 is 4.39 Å². The first-order chi connectivity index (χ1) is 9.08. The average Bonchev–Trinajstić information content (AvgIpc) is 2.67. The third kappa shape index (κ3) is 2.19. The predicted molar refractivity (Wildman–Crippen MR) is 86.1 cm³/mol. The molecule has 1 N–H and O–H groups in total. The van der Waals surface area contributed by atoms with Gasteiger partial charge < -0.3 is 4.98 Å². The van der Waals surface area contributed by atoms with Gasteiger partial charge in [-0.1, -0.05) is 17.7 Å². The molecule has 0 spiro atoms. The minimum Gasteiger partial charge on any atom is -0.330 e. The second-order valence-electron chi connectivity index (χ2n) is 4.00. The predicted octanol–water partition coefficient (Wildman–Crippen LogP) is 5.09. The Bertz CT molecular complexity index is 840. The van der Waals surface area contributed by atoms with E-state index >= 15 is 0 Å². The van der Waals surface area contributed by atoms with Crippen molar-refractivity contribution in [1.82, 2.24) is 9.55 Å². The number of aromatic amines is 1. The van der Waals surface area contributed by atoms with E-state index in [1.54, 1.807) is 12.1 Å². The Morgan fingerprint density at radius 3 is 2.79 bits per heavy atom. The molecule has 0 radical (unpaired) electrons. The third-order valence-corrected chi connectivity index (χ3v) is 4.26. The summed E-state index contributed by atoms with van der Waals surface area (Å²) in [5, 5.41) is 0.602. The van der Waals surface area contributed by atoms with Crippen LogP contribution in [0.5, 0.6) is 0 Å². The monoisotopic (exact) mass is 404 g/mol. The van der Waals surface area contributed by atoms with Crippen molar-refractivity contribution >= 4 is 57.4 Å². The number of nitrogens with one attached hydrogen (secondary N) is 1. The van der Waals surface area contributed by atoms with E-state index in [1.807, 2.05) is 16.7 Å². The van der Waals surface area contributed by atoms with Crippen LogP contribution in [0.1, 0.15) is 0 Å². The molecule has 6 heteroatoms. The van der Waals surface area contributed by atoms with Gasteiger partial charge in [0.15, 0.2) is 4.77 Å². The van der Waals surface area contributed by atoms with Crippen molar-refractivity contribution in [1.29, 1.82) is 0 Å². The lowest BCUT2D eigenvalue weighted by molar-refractivity contribution is 0.626. The molecule has 2 nitrogen and oxygen atoms in total. The number of para-hydroxylation sites is 1. The summed E-state index contributed by atoms with van der Waals surface area (Å²) in [5.41, 5.74) is 2.47. The molecule has 96 valence electrons. The Hall–Kier alpha value is -0.920. The zero-order chi connectivity index (χ0) is 13.6. The summed E-state index contributed by atoms with van der Waals surface area (Å²) in [6.45, 7) is 0. The number of fused-ring (bicyclic) bond motifs is 1. The van der Waals surface area contributed by atoms with Crippen LogP contribution in [0.2, 0.25) is 5.02 Å². The summed E-state index contributed by atoms with van der Waals surface area (Å²) in [5.74, 6) is -0.273. The van der Waals surface area contributed by atoms with Crippen LogP contribution < -0.4 is 0 Å². The van der Waals surface area contributed by atoms with Crippen LogP contribution in [0.4, 0.5) is 4.39 Å². The zero-order valence-corrected chi connectivity index (χ0v) is 13.2. The molecule has 0 saturated carbocycles. The topological polar surface area (TPSA) is 20.7 Å². The second kappa shape index (κ2) is 4.88. The number of halogens is 3. The minimum absolute atomic E-state index is 0.273. The molecule has 0 aliphatic rings. The summed E-state index contributed by atoms with van der Waals surface area (Å²) in [6.07, 6.45) is 0. The van der Waals surface area contributed by atoms with Gasteiger partial charge in [0, 0.05) is 3.57 Å². The van der Waals surface area contributed by atoms with Crippen LogP contribution in [-0.2, 0) is 0 Å². The molecular formula is C13H7ClFIN2S. The van der Waals surface area contributed by atoms with Crippen molar-refractivity contribution in [2.24, 2.45) is 0 Å². The summed E-state index contributed by atoms with van der Waals surface area (Å²) in [7, 11) is 0. The lowest BCUT2D eigenvalue weighted by atomic mass is 10.2. The third-order valence-electron chi connectivity index (χ3n) is 2.81. The number of imidazole rings is 1. The number of H-pyrrole nitrogens is 1. The highest BCUT2D eigenvalue weighted by Crippen LogP contribution is 2.28. The molecule has 0 unspecified atom stereocenters. The fraction of sp³-hybridized carbons (Fsp3) is 0. The molecule has 19 heavy (non-hydrogen) atoms. The van der Waals surface area contributed by atoms with E-state index in [2.05, 4.69) is 27.6 Å². The minimum atomic E-state index is -0.273. The molecule has 3 aromatic rings. The van der Waals surface area contributed by atoms with Gasteiger partial charge in [-0.2, -0.15) is 0 Å². The van der Waals surface area contributed by atoms with Crippen LogP contribution >= 0.6 is 46.4 Å². The van der Waals surface area contributed by atoms with Gasteiger partial charge in [-0.25, -0.2) is 4.39 Å². The molecule has 0 aliphatic carbocycles. The first-order valence-electron chi connectivity index (χ1n) is 5.42. The van der Waals surface area contributed by atoms with E-state index in [9.17, 15) is 4.39 Å². The normalized spacial score (nSPS) is 11.1. The lowest BCUT2D eigenvalue weighted by Gasteiger charge is -2.08. The van der Waals surface area contributed by atoms with Gasteiger partial charge in [-0.3, -0.25) is 4.57 Å². The molecule has 3 rings (SSSR count). The molecule has 0 fully saturated rings. The van der Waals surface area contributed by atoms with Gasteiger partial charge in [0.1, 0.15) is 5.82 Å². The van der Waals surface area contributed by atoms with Crippen LogP contribution in [0.25, 0.3) is 16.7 Å². The quantitative estimate of drug-likeness (QED) is 0.443. The first kappa shape index (κ1) is 13.1. The highest BCUT2D eigenvalue weighted by molar-refractivity contribution is 14.1. The Labute approximate surface area is 132 Å². The fourth-order valence-electron chi connectivity index (χ4n) is 2.01. The number of nitrogens with zero attached hydrogens (tertiary/aromatic N) is 1. The number of hydrogen-bond acceptors (Lipinski definition) is 1. The van der Waals surface area contributed by atoms with Crippen LogP contribution in [0, 0.1) is 14.2 Å². The van der Waals surface area contributed by atoms with E-state index in [0.29, 0.717) is 9.79 Å². The number of benzene rings is 2. The molecule has 0 aliphatic heterocycles. The molecule has 0 saturated heterocycles. The molecule has 2 aromatic carbocycles. The molecule has 1 heterocycles. The number of hydrogen-bond donors (Lipinski definition) is 1. The maximum atomic E-state index is 13.2. The standard InChI is InChI=1S/C13H7ClFIN2S/c14-8-2-1-3-10-12(8)18(13(19)17-10)11-5-4-7(15)6-9(11)16/h1-6H,(H,17,19). The average molecular weight is 405 g/mol. The summed E-state index contributed by atoms with van der Waals surface area (Å²) >= 11 is 13.7. The van der Waals surface area contributed by atoms with Crippen molar-refractivity contribution in [3.8, 4) is 5.69 Å². The van der Waals surface area contributed by atoms with Gasteiger partial charge in [0.05, 0.1) is 21.7 Å². The smallest absolute Gasteiger partial charge is 0.182 e. The summed E-state index contributed by atoms with van der Waals surface area (Å²) in [4.78, 5) is 3.10. The second-order valence-corrected chi connectivity index (χ2v) is 5.95. The van der Waals surface area contributed by atoms with E-state index in [-0.39, 0.29) is 5.82 Å². The Balaban J connectivity index is 2.42. The van der Waals surface area contributed by atoms with Crippen molar-refractivity contribution in [3.63, 3.8) is 0 Å². The molecule has 0 bridgehead atoms. The number of aromatic nitrogens is 2. The highest BCUT2D eigenvalue weighted by Gasteiger charge is 2.12. The van der Waals surface area contributed by atoms with Gasteiger partial charge in [0.25, 0.3) is 0 Å². The first-order valence-corrected chi connectivity index (χ1v) is 7.29. The van der Waals surface area contributed by atoms with Gasteiger partial charge in [-0.05, 0) is 65.1 Å². The van der Waals surface area contributed by atoms with Crippen molar-refractivity contribution in [2.45, 2.75) is 0 Å². The molecule has 0 atom stereocenters. The Kier molecular flexibility index (Phi) is 3.36. The van der Waals surface area contributed by atoms with Crippen LogP contribution in [0.3, 0.4) is 0 Å². The largest absolute Gasteiger partial charge is 0.330 e. The van der Waals surface area contributed by atoms with Gasteiger partial charge >= 0.3 is 0 Å². The van der Waals surface area contributed by atoms with E-state index in [4.69, 9.17) is 23.8 Å². The maximum Gasteiger partial charge on any atom is 0.182 e. The Morgan fingerprint density at radius 2 is 2.05 bits per heavy atom. The lowest BCUT2D eigenvalue weighted by Crippen LogP contribution is -1.98. The highest BCUT2D eigenvalue weighted by atomic mass is 127. The van der Waals surface area contributed by atoms with Crippen molar-refractivity contribution in [3.05, 3.63) is 55.6 Å². The maximum absolute atomic E-state index is 13.2. The molecule has 1 aromatic heterocycles. The SMILES string of the molecule is Fc1ccc(-n2c(=S)[nH]c3cccc(Cl)c32)c(I)c1. The van der Waals surface area contributed by atoms with E-state index in [0.717, 1.165) is 20.3 Å². The molecule has 0 amide bonds. The number of rotatable bonds is 1. The van der Waals surface area contributed by atoms with E-state index < -0.39 is 0 Å².